The van der Waals surface area contributed by atoms with Crippen LogP contribution in [0.5, 0.6) is 28.7 Å². The predicted octanol–water partition coefficient (Wildman–Crippen LogP) is 3.25. The molecule has 0 fully saturated rings. The second kappa shape index (κ2) is 14.5. The Balaban J connectivity index is 1.81. The Morgan fingerprint density at radius 1 is 0.773 bits per heavy atom. The molecule has 3 aromatic carbocycles. The summed E-state index contributed by atoms with van der Waals surface area (Å²) < 4.78 is 20.9. The molecular formula is C32H39N3O9. The monoisotopic (exact) mass is 609 g/mol. The highest BCUT2D eigenvalue weighted by molar-refractivity contribution is 5.92. The maximum atomic E-state index is 13.2. The van der Waals surface area contributed by atoms with E-state index in [0.29, 0.717) is 11.5 Å². The number of hydrogen-bond donors (Lipinski definition) is 5. The first-order valence-electron chi connectivity index (χ1n) is 13.7. The molecule has 0 aliphatic heterocycles. The summed E-state index contributed by atoms with van der Waals surface area (Å²) in [4.78, 5) is 39.5. The molecule has 0 radical (unpaired) electrons. The van der Waals surface area contributed by atoms with Gasteiger partial charge < -0.3 is 45.5 Å². The minimum absolute atomic E-state index is 0.0131. The first-order chi connectivity index (χ1) is 20.8. The summed E-state index contributed by atoms with van der Waals surface area (Å²) in [6, 6.07) is 13.2. The van der Waals surface area contributed by atoms with Crippen LogP contribution in [0.3, 0.4) is 0 Å². The Kier molecular flexibility index (Phi) is 11.0. The lowest BCUT2D eigenvalue weighted by Gasteiger charge is -2.26. The number of phenols is 2. The zero-order valence-electron chi connectivity index (χ0n) is 25.5. The van der Waals surface area contributed by atoms with E-state index in [9.17, 15) is 24.6 Å². The van der Waals surface area contributed by atoms with E-state index in [1.54, 1.807) is 59.3 Å². The Labute approximate surface area is 256 Å². The van der Waals surface area contributed by atoms with E-state index in [4.69, 9.17) is 24.7 Å². The number of phenolic OH excluding ortho intramolecular Hbond substituents is 2. The fourth-order valence-corrected chi connectivity index (χ4v) is 4.35. The average molecular weight is 610 g/mol. The number of aromatic hydroxyl groups is 2. The van der Waals surface area contributed by atoms with E-state index < -0.39 is 59.4 Å². The van der Waals surface area contributed by atoms with Crippen LogP contribution < -0.4 is 30.6 Å². The van der Waals surface area contributed by atoms with Crippen molar-refractivity contribution in [1.29, 1.82) is 0 Å². The van der Waals surface area contributed by atoms with Crippen molar-refractivity contribution in [3.05, 3.63) is 77.4 Å². The maximum absolute atomic E-state index is 13.2. The summed E-state index contributed by atoms with van der Waals surface area (Å²) in [6.07, 6.45) is -0.422. The van der Waals surface area contributed by atoms with Gasteiger partial charge in [-0.3, -0.25) is 9.59 Å². The molecular weight excluding hydrogens is 570 g/mol. The number of hydrogen-bond acceptors (Lipinski definition) is 10. The molecule has 0 unspecified atom stereocenters. The van der Waals surface area contributed by atoms with Crippen LogP contribution in [0.15, 0.2) is 60.7 Å². The van der Waals surface area contributed by atoms with E-state index in [1.165, 1.54) is 7.11 Å². The molecule has 3 aromatic rings. The summed E-state index contributed by atoms with van der Waals surface area (Å²) in [5.41, 5.74) is 6.73. The third-order valence-electron chi connectivity index (χ3n) is 6.48. The SMILES string of the molecule is COc1ccc(C(NC(=O)C[C@H](N)C(=O)N[C@@H](C(=O)OC(C)(C)C)c2cc(O)c(OC)c(O)c2)c2ccc(OC)cc2)cc1. The highest BCUT2D eigenvalue weighted by atomic mass is 16.6. The molecule has 12 heteroatoms. The van der Waals surface area contributed by atoms with Crippen LogP contribution in [0.25, 0.3) is 0 Å². The average Bonchev–Trinajstić information content (AvgIpc) is 2.97. The number of carbonyl (C=O) groups is 3. The lowest BCUT2D eigenvalue weighted by Crippen LogP contribution is -2.47. The van der Waals surface area contributed by atoms with Crippen LogP contribution in [0.2, 0.25) is 0 Å². The third-order valence-corrected chi connectivity index (χ3v) is 6.48. The van der Waals surface area contributed by atoms with Gasteiger partial charge in [-0.25, -0.2) is 4.79 Å². The predicted molar refractivity (Wildman–Crippen MR) is 162 cm³/mol. The first-order valence-corrected chi connectivity index (χ1v) is 13.7. The molecule has 236 valence electrons. The zero-order valence-corrected chi connectivity index (χ0v) is 25.5. The van der Waals surface area contributed by atoms with Gasteiger partial charge in [0.15, 0.2) is 17.5 Å². The van der Waals surface area contributed by atoms with Gasteiger partial charge in [0.25, 0.3) is 0 Å². The second-order valence-electron chi connectivity index (χ2n) is 10.9. The van der Waals surface area contributed by atoms with E-state index in [0.717, 1.165) is 23.3 Å². The molecule has 0 saturated heterocycles. The summed E-state index contributed by atoms with van der Waals surface area (Å²) in [6.45, 7) is 4.93. The van der Waals surface area contributed by atoms with E-state index in [2.05, 4.69) is 10.6 Å². The van der Waals surface area contributed by atoms with Gasteiger partial charge in [0.2, 0.25) is 17.6 Å². The number of benzene rings is 3. The number of rotatable bonds is 12. The van der Waals surface area contributed by atoms with Crippen LogP contribution in [0.1, 0.15) is 56.0 Å². The lowest BCUT2D eigenvalue weighted by molar-refractivity contribution is -0.159. The molecule has 12 nitrogen and oxygen atoms in total. The minimum Gasteiger partial charge on any atom is -0.504 e. The maximum Gasteiger partial charge on any atom is 0.333 e. The molecule has 0 heterocycles. The van der Waals surface area contributed by atoms with Gasteiger partial charge in [-0.1, -0.05) is 24.3 Å². The number of nitrogens with one attached hydrogen (secondary N) is 2. The third kappa shape index (κ3) is 8.77. The van der Waals surface area contributed by atoms with Gasteiger partial charge >= 0.3 is 5.97 Å². The molecule has 2 amide bonds. The molecule has 0 aliphatic carbocycles. The largest absolute Gasteiger partial charge is 0.504 e. The summed E-state index contributed by atoms with van der Waals surface area (Å²) in [5, 5.41) is 26.0. The molecule has 0 spiro atoms. The van der Waals surface area contributed by atoms with Crippen LogP contribution >= 0.6 is 0 Å². The number of ether oxygens (including phenoxy) is 4. The highest BCUT2D eigenvalue weighted by Crippen LogP contribution is 2.38. The zero-order chi connectivity index (χ0) is 32.6. The number of methoxy groups -OCH3 is 3. The summed E-state index contributed by atoms with van der Waals surface area (Å²) >= 11 is 0. The quantitative estimate of drug-likeness (QED) is 0.191. The van der Waals surface area contributed by atoms with E-state index >= 15 is 0 Å². The molecule has 0 aliphatic rings. The standard InChI is InChI=1S/C32H39N3O9/c1-32(2,3)44-31(40)28(20-15-24(36)29(43-6)25(37)16-20)35-30(39)23(33)17-26(38)34-27(18-7-11-21(41-4)12-8-18)19-9-13-22(42-5)14-10-19/h7-16,23,27-28,36-37H,17,33H2,1-6H3,(H,34,38)(H,35,39)/t23-,28+/m0/s1. The number of amides is 2. The van der Waals surface area contributed by atoms with Crippen molar-refractivity contribution in [3.63, 3.8) is 0 Å². The van der Waals surface area contributed by atoms with Gasteiger partial charge in [-0.05, 0) is 73.9 Å². The van der Waals surface area contributed by atoms with Crippen molar-refractivity contribution < 1.29 is 43.5 Å². The van der Waals surface area contributed by atoms with Crippen molar-refractivity contribution in [1.82, 2.24) is 10.6 Å². The number of esters is 1. The first kappa shape index (κ1) is 33.5. The molecule has 2 atom stereocenters. The second-order valence-corrected chi connectivity index (χ2v) is 10.9. The van der Waals surface area contributed by atoms with Crippen LogP contribution in [-0.2, 0) is 19.1 Å². The van der Waals surface area contributed by atoms with Crippen molar-refractivity contribution in [3.8, 4) is 28.7 Å². The van der Waals surface area contributed by atoms with Gasteiger partial charge in [0.05, 0.1) is 39.8 Å². The van der Waals surface area contributed by atoms with Crippen molar-refractivity contribution >= 4 is 17.8 Å². The van der Waals surface area contributed by atoms with Gasteiger partial charge in [0.1, 0.15) is 17.1 Å². The summed E-state index contributed by atoms with van der Waals surface area (Å²) in [7, 11) is 4.36. The van der Waals surface area contributed by atoms with Crippen LogP contribution in [0, 0.1) is 0 Å². The molecule has 44 heavy (non-hydrogen) atoms. The fourth-order valence-electron chi connectivity index (χ4n) is 4.35. The Hall–Kier alpha value is -4.97. The topological polar surface area (TPSA) is 179 Å². The molecule has 0 saturated carbocycles. The lowest BCUT2D eigenvalue weighted by atomic mass is 9.98. The highest BCUT2D eigenvalue weighted by Gasteiger charge is 2.32. The Morgan fingerprint density at radius 3 is 1.66 bits per heavy atom. The normalized spacial score (nSPS) is 12.5. The molecule has 0 bridgehead atoms. The van der Waals surface area contributed by atoms with Gasteiger partial charge in [-0.2, -0.15) is 0 Å². The van der Waals surface area contributed by atoms with E-state index in [-0.39, 0.29) is 11.3 Å². The number of carbonyl (C=O) groups excluding carboxylic acids is 3. The van der Waals surface area contributed by atoms with Crippen molar-refractivity contribution in [2.75, 3.05) is 21.3 Å². The molecule has 6 N–H and O–H groups in total. The molecule has 3 rings (SSSR count). The Bertz CT molecular complexity index is 1380. The fraction of sp³-hybridized carbons (Fsp3) is 0.344. The van der Waals surface area contributed by atoms with Gasteiger partial charge in [-0.15, -0.1) is 0 Å². The van der Waals surface area contributed by atoms with Crippen molar-refractivity contribution in [2.45, 2.75) is 50.9 Å². The minimum atomic E-state index is -1.47. The van der Waals surface area contributed by atoms with Crippen molar-refractivity contribution in [2.24, 2.45) is 5.73 Å². The number of nitrogens with two attached hydrogens (primary N) is 1. The summed E-state index contributed by atoms with van der Waals surface area (Å²) in [5.74, 6) is -2.08. The Morgan fingerprint density at radius 2 is 1.25 bits per heavy atom. The van der Waals surface area contributed by atoms with Crippen LogP contribution in [-0.4, -0.2) is 61.0 Å². The van der Waals surface area contributed by atoms with Crippen LogP contribution in [0.4, 0.5) is 0 Å². The van der Waals surface area contributed by atoms with E-state index in [1.807, 2.05) is 24.3 Å². The van der Waals surface area contributed by atoms with Gasteiger partial charge in [0, 0.05) is 0 Å². The molecule has 0 aromatic heterocycles. The smallest absolute Gasteiger partial charge is 0.333 e.